The van der Waals surface area contributed by atoms with E-state index in [9.17, 15) is 0 Å². The van der Waals surface area contributed by atoms with E-state index in [-0.39, 0.29) is 0 Å². The molecule has 3 aromatic heterocycles. The summed E-state index contributed by atoms with van der Waals surface area (Å²) in [6.45, 7) is 0. The number of para-hydroxylation sites is 2. The van der Waals surface area contributed by atoms with E-state index in [0.717, 1.165) is 22.1 Å². The average molecular weight is 288 g/mol. The molecule has 0 amide bonds. The molecule has 0 N–H and O–H groups in total. The molecular weight excluding hydrogens is 281 g/mol. The Morgan fingerprint density at radius 3 is 2.63 bits per heavy atom. The zero-order valence-electron chi connectivity index (χ0n) is 9.64. The third-order valence-corrected chi connectivity index (χ3v) is 3.63. The van der Waals surface area contributed by atoms with Crippen LogP contribution in [0, 0.1) is 0 Å². The number of rotatable bonds is 0. The molecule has 0 aliphatic carbocycles. The van der Waals surface area contributed by atoms with E-state index in [0.29, 0.717) is 15.8 Å². The van der Waals surface area contributed by atoms with Gasteiger partial charge >= 0.3 is 0 Å². The molecule has 4 rings (SSSR count). The second kappa shape index (κ2) is 3.83. The molecule has 0 fully saturated rings. The molecule has 0 radical (unpaired) electrons. The van der Waals surface area contributed by atoms with Gasteiger partial charge in [-0.15, -0.1) is 0 Å². The van der Waals surface area contributed by atoms with Crippen LogP contribution in [-0.2, 0) is 0 Å². The lowest BCUT2D eigenvalue weighted by molar-refractivity contribution is 1.22. The highest BCUT2D eigenvalue weighted by Crippen LogP contribution is 2.28. The van der Waals surface area contributed by atoms with Gasteiger partial charge in [0.25, 0.3) is 0 Å². The van der Waals surface area contributed by atoms with Crippen LogP contribution in [0.3, 0.4) is 0 Å². The Kier molecular flexibility index (Phi) is 2.22. The molecule has 3 heterocycles. The van der Waals surface area contributed by atoms with Crippen LogP contribution >= 0.6 is 23.2 Å². The standard InChI is InChI=1S/C14H7Cl2N3/c15-9-7-8-5-6-12(16)18-13(8)19-11-4-2-1-3-10(11)17-14(9)19/h1-7H. The van der Waals surface area contributed by atoms with E-state index in [1.165, 1.54) is 0 Å². The second-order valence-electron chi connectivity index (χ2n) is 4.30. The molecule has 0 bridgehead atoms. The first-order chi connectivity index (χ1) is 9.24. The van der Waals surface area contributed by atoms with Crippen molar-refractivity contribution in [3.05, 3.63) is 52.6 Å². The molecule has 0 aliphatic heterocycles. The number of hydrogen-bond acceptors (Lipinski definition) is 2. The van der Waals surface area contributed by atoms with Gasteiger partial charge in [-0.05, 0) is 30.3 Å². The number of halogens is 2. The summed E-state index contributed by atoms with van der Waals surface area (Å²) in [5.41, 5.74) is 3.32. The Morgan fingerprint density at radius 2 is 1.74 bits per heavy atom. The molecule has 0 aliphatic rings. The van der Waals surface area contributed by atoms with Crippen molar-refractivity contribution in [1.82, 2.24) is 14.4 Å². The van der Waals surface area contributed by atoms with E-state index < -0.39 is 0 Å². The zero-order chi connectivity index (χ0) is 13.0. The monoisotopic (exact) mass is 287 g/mol. The molecule has 0 spiro atoms. The van der Waals surface area contributed by atoms with Crippen LogP contribution in [0.5, 0.6) is 0 Å². The van der Waals surface area contributed by atoms with Gasteiger partial charge in [0.15, 0.2) is 5.65 Å². The Bertz CT molecular complexity index is 944. The van der Waals surface area contributed by atoms with Crippen LogP contribution in [0.2, 0.25) is 10.2 Å². The largest absolute Gasteiger partial charge is 0.275 e. The molecule has 0 saturated heterocycles. The first-order valence-electron chi connectivity index (χ1n) is 5.76. The summed E-state index contributed by atoms with van der Waals surface area (Å²) in [7, 11) is 0. The number of benzene rings is 1. The fourth-order valence-electron chi connectivity index (χ4n) is 2.33. The van der Waals surface area contributed by atoms with Gasteiger partial charge in [0.2, 0.25) is 0 Å². The first-order valence-corrected chi connectivity index (χ1v) is 6.51. The van der Waals surface area contributed by atoms with Crippen molar-refractivity contribution in [2.45, 2.75) is 0 Å². The van der Waals surface area contributed by atoms with Crippen LogP contribution in [0.4, 0.5) is 0 Å². The maximum atomic E-state index is 6.30. The number of imidazole rings is 1. The summed E-state index contributed by atoms with van der Waals surface area (Å²) in [6.07, 6.45) is 0. The highest BCUT2D eigenvalue weighted by atomic mass is 35.5. The number of nitrogens with zero attached hydrogens (tertiary/aromatic N) is 3. The van der Waals surface area contributed by atoms with Crippen LogP contribution in [0.15, 0.2) is 42.5 Å². The van der Waals surface area contributed by atoms with Gasteiger partial charge in [0, 0.05) is 5.39 Å². The van der Waals surface area contributed by atoms with E-state index in [2.05, 4.69) is 9.97 Å². The summed E-state index contributed by atoms with van der Waals surface area (Å²) in [5, 5.41) is 1.99. The van der Waals surface area contributed by atoms with Crippen molar-refractivity contribution in [2.75, 3.05) is 0 Å². The fourth-order valence-corrected chi connectivity index (χ4v) is 2.72. The van der Waals surface area contributed by atoms with E-state index in [1.54, 1.807) is 6.07 Å². The molecule has 92 valence electrons. The van der Waals surface area contributed by atoms with Gasteiger partial charge in [-0.25, -0.2) is 9.97 Å². The highest BCUT2D eigenvalue weighted by molar-refractivity contribution is 6.34. The number of fused-ring (bicyclic) bond motifs is 5. The third kappa shape index (κ3) is 1.52. The molecule has 0 atom stereocenters. The van der Waals surface area contributed by atoms with Gasteiger partial charge in [0.1, 0.15) is 10.8 Å². The van der Waals surface area contributed by atoms with Crippen molar-refractivity contribution >= 4 is 50.9 Å². The Morgan fingerprint density at radius 1 is 0.895 bits per heavy atom. The molecule has 0 saturated carbocycles. The molecule has 0 unspecified atom stereocenters. The minimum Gasteiger partial charge on any atom is -0.275 e. The van der Waals surface area contributed by atoms with Crippen molar-refractivity contribution < 1.29 is 0 Å². The zero-order valence-corrected chi connectivity index (χ0v) is 11.2. The summed E-state index contributed by atoms with van der Waals surface area (Å²) < 4.78 is 1.94. The van der Waals surface area contributed by atoms with E-state index in [4.69, 9.17) is 23.2 Å². The van der Waals surface area contributed by atoms with Gasteiger partial charge in [-0.1, -0.05) is 35.3 Å². The van der Waals surface area contributed by atoms with Gasteiger partial charge in [-0.3, -0.25) is 4.40 Å². The Labute approximate surface area is 118 Å². The third-order valence-electron chi connectivity index (χ3n) is 3.14. The molecule has 4 aromatic rings. The normalized spacial score (nSPS) is 11.7. The number of pyridine rings is 2. The van der Waals surface area contributed by atoms with Crippen LogP contribution < -0.4 is 0 Å². The molecule has 19 heavy (non-hydrogen) atoms. The lowest BCUT2D eigenvalue weighted by atomic mass is 10.3. The lowest BCUT2D eigenvalue weighted by Crippen LogP contribution is -1.92. The van der Waals surface area contributed by atoms with Crippen LogP contribution in [0.25, 0.3) is 27.7 Å². The summed E-state index contributed by atoms with van der Waals surface area (Å²) >= 11 is 12.3. The summed E-state index contributed by atoms with van der Waals surface area (Å²) in [4.78, 5) is 8.94. The fraction of sp³-hybridized carbons (Fsp3) is 0. The summed E-state index contributed by atoms with van der Waals surface area (Å²) in [5.74, 6) is 0. The van der Waals surface area contributed by atoms with Crippen molar-refractivity contribution in [3.63, 3.8) is 0 Å². The predicted octanol–water partition coefficient (Wildman–Crippen LogP) is 4.34. The van der Waals surface area contributed by atoms with Gasteiger partial charge in [0.05, 0.1) is 16.1 Å². The second-order valence-corrected chi connectivity index (χ2v) is 5.09. The smallest absolute Gasteiger partial charge is 0.158 e. The maximum Gasteiger partial charge on any atom is 0.158 e. The average Bonchev–Trinajstić information content (AvgIpc) is 2.80. The Balaban J connectivity index is 2.38. The highest BCUT2D eigenvalue weighted by Gasteiger charge is 2.12. The maximum absolute atomic E-state index is 6.30. The summed E-state index contributed by atoms with van der Waals surface area (Å²) in [6, 6.07) is 13.4. The Hall–Kier alpha value is -1.84. The van der Waals surface area contributed by atoms with Gasteiger partial charge in [-0.2, -0.15) is 0 Å². The van der Waals surface area contributed by atoms with E-state index in [1.807, 2.05) is 40.8 Å². The number of aromatic nitrogens is 3. The van der Waals surface area contributed by atoms with Gasteiger partial charge < -0.3 is 0 Å². The molecule has 1 aromatic carbocycles. The SMILES string of the molecule is Clc1ccc2cc(Cl)c3nc4ccccc4n3c2n1. The minimum absolute atomic E-state index is 0.453. The minimum atomic E-state index is 0.453. The van der Waals surface area contributed by atoms with Crippen LogP contribution in [-0.4, -0.2) is 14.4 Å². The van der Waals surface area contributed by atoms with Crippen LogP contribution in [0.1, 0.15) is 0 Å². The molecular formula is C14H7Cl2N3. The first kappa shape index (κ1) is 11.0. The quantitative estimate of drug-likeness (QED) is 0.450. The van der Waals surface area contributed by atoms with Crippen molar-refractivity contribution in [2.24, 2.45) is 0 Å². The predicted molar refractivity (Wildman–Crippen MR) is 78.0 cm³/mol. The topological polar surface area (TPSA) is 30.2 Å². The lowest BCUT2D eigenvalue weighted by Gasteiger charge is -2.04. The molecule has 3 nitrogen and oxygen atoms in total. The van der Waals surface area contributed by atoms with E-state index >= 15 is 0 Å². The van der Waals surface area contributed by atoms with Crippen molar-refractivity contribution in [1.29, 1.82) is 0 Å². The molecule has 5 heteroatoms. The number of hydrogen-bond donors (Lipinski definition) is 0. The van der Waals surface area contributed by atoms with Crippen molar-refractivity contribution in [3.8, 4) is 0 Å².